The van der Waals surface area contributed by atoms with Gasteiger partial charge in [-0.3, -0.25) is 0 Å². The summed E-state index contributed by atoms with van der Waals surface area (Å²) in [7, 11) is 1.16. The summed E-state index contributed by atoms with van der Waals surface area (Å²) in [4.78, 5) is 12.9. The molecule has 0 aromatic heterocycles. The summed E-state index contributed by atoms with van der Waals surface area (Å²) >= 11 is 0. The second-order valence-electron chi connectivity index (χ2n) is 4.26. The van der Waals surface area contributed by atoms with Gasteiger partial charge in [0.2, 0.25) is 10.0 Å². The largest absolute Gasteiger partial charge is 0.382 e. The zero-order valence-corrected chi connectivity index (χ0v) is 12.6. The average molecular weight is 300 g/mol. The highest BCUT2D eigenvalue weighted by molar-refractivity contribution is 7.89. The monoisotopic (exact) mass is 300 g/mol. The molecule has 8 heteroatoms. The number of carbonyl (C=O) groups excluding carboxylic acids is 1. The summed E-state index contributed by atoms with van der Waals surface area (Å²) in [5.74, 6) is 0. The lowest BCUT2D eigenvalue weighted by molar-refractivity contribution is 0.218. The maximum atomic E-state index is 11.8. The van der Waals surface area contributed by atoms with Gasteiger partial charge in [-0.05, 0) is 19.2 Å². The van der Waals surface area contributed by atoms with E-state index in [0.29, 0.717) is 18.8 Å². The van der Waals surface area contributed by atoms with Crippen molar-refractivity contribution in [3.63, 3.8) is 0 Å². The summed E-state index contributed by atoms with van der Waals surface area (Å²) in [6, 6.07) is 6.41. The standard InChI is InChI=1S/C12H20N4O3S/c1-13-20(18,19)11-7-5-4-6-10(11)14-8-9-15-12(17)16(2)3/h4-7,13-14H,8-9H2,1-3H3,(H,15,17). The molecule has 20 heavy (non-hydrogen) atoms. The number of rotatable bonds is 6. The summed E-state index contributed by atoms with van der Waals surface area (Å²) in [6.07, 6.45) is 0. The van der Waals surface area contributed by atoms with E-state index in [9.17, 15) is 13.2 Å². The molecule has 0 atom stereocenters. The zero-order valence-electron chi connectivity index (χ0n) is 11.8. The van der Waals surface area contributed by atoms with E-state index in [-0.39, 0.29) is 10.9 Å². The Morgan fingerprint density at radius 1 is 1.20 bits per heavy atom. The third-order valence-corrected chi connectivity index (χ3v) is 4.04. The van der Waals surface area contributed by atoms with Crippen LogP contribution in [0.1, 0.15) is 0 Å². The fraction of sp³-hybridized carbons (Fsp3) is 0.417. The van der Waals surface area contributed by atoms with Crippen molar-refractivity contribution in [2.45, 2.75) is 4.90 Å². The summed E-state index contributed by atoms with van der Waals surface area (Å²) < 4.78 is 25.9. The maximum absolute atomic E-state index is 11.8. The molecule has 0 fully saturated rings. The van der Waals surface area contributed by atoms with Gasteiger partial charge >= 0.3 is 6.03 Å². The first-order valence-corrected chi connectivity index (χ1v) is 7.58. The smallest absolute Gasteiger partial charge is 0.316 e. The van der Waals surface area contributed by atoms with Crippen LogP contribution in [0.15, 0.2) is 29.2 Å². The molecule has 1 aromatic carbocycles. The molecule has 0 radical (unpaired) electrons. The van der Waals surface area contributed by atoms with Crippen molar-refractivity contribution >= 4 is 21.7 Å². The molecule has 0 heterocycles. The number of hydrogen-bond acceptors (Lipinski definition) is 4. The van der Waals surface area contributed by atoms with Gasteiger partial charge in [-0.2, -0.15) is 0 Å². The van der Waals surface area contributed by atoms with Crippen LogP contribution in [0.3, 0.4) is 0 Å². The molecule has 0 aliphatic rings. The van der Waals surface area contributed by atoms with Crippen LogP contribution in [0, 0.1) is 0 Å². The SMILES string of the molecule is CNS(=O)(=O)c1ccccc1NCCNC(=O)N(C)C. The second kappa shape index (κ2) is 7.11. The van der Waals surface area contributed by atoms with Gasteiger partial charge in [-0.15, -0.1) is 0 Å². The molecular formula is C12H20N4O3S. The lowest BCUT2D eigenvalue weighted by Gasteiger charge is -2.14. The van der Waals surface area contributed by atoms with Crippen LogP contribution in [0.5, 0.6) is 0 Å². The minimum Gasteiger partial charge on any atom is -0.382 e. The highest BCUT2D eigenvalue weighted by atomic mass is 32.2. The molecule has 112 valence electrons. The van der Waals surface area contributed by atoms with Crippen molar-refractivity contribution in [2.75, 3.05) is 39.5 Å². The van der Waals surface area contributed by atoms with Gasteiger partial charge in [0.05, 0.1) is 5.69 Å². The van der Waals surface area contributed by atoms with Gasteiger partial charge in [0.15, 0.2) is 0 Å². The number of urea groups is 1. The predicted molar refractivity (Wildman–Crippen MR) is 78.3 cm³/mol. The number of sulfonamides is 1. The molecule has 2 amide bonds. The van der Waals surface area contributed by atoms with Crippen molar-refractivity contribution in [1.82, 2.24) is 14.9 Å². The van der Waals surface area contributed by atoms with E-state index in [4.69, 9.17) is 0 Å². The third-order valence-electron chi connectivity index (χ3n) is 2.57. The van der Waals surface area contributed by atoms with E-state index in [1.54, 1.807) is 32.3 Å². The minimum absolute atomic E-state index is 0.182. The number of carbonyl (C=O) groups is 1. The highest BCUT2D eigenvalue weighted by Gasteiger charge is 2.15. The summed E-state index contributed by atoms with van der Waals surface area (Å²) in [6.45, 7) is 0.820. The van der Waals surface area contributed by atoms with Crippen LogP contribution >= 0.6 is 0 Å². The summed E-state index contributed by atoms with van der Waals surface area (Å²) in [5, 5.41) is 5.68. The highest BCUT2D eigenvalue weighted by Crippen LogP contribution is 2.19. The van der Waals surface area contributed by atoms with Gasteiger partial charge in [0.25, 0.3) is 0 Å². The van der Waals surface area contributed by atoms with Crippen molar-refractivity contribution < 1.29 is 13.2 Å². The Morgan fingerprint density at radius 3 is 2.45 bits per heavy atom. The van der Waals surface area contributed by atoms with Gasteiger partial charge in [0.1, 0.15) is 4.90 Å². The van der Waals surface area contributed by atoms with Gasteiger partial charge in [-0.1, -0.05) is 12.1 Å². The van der Waals surface area contributed by atoms with Crippen molar-refractivity contribution in [3.05, 3.63) is 24.3 Å². The number of anilines is 1. The number of nitrogens with zero attached hydrogens (tertiary/aromatic N) is 1. The fourth-order valence-corrected chi connectivity index (χ4v) is 2.39. The maximum Gasteiger partial charge on any atom is 0.316 e. The number of benzene rings is 1. The zero-order chi connectivity index (χ0) is 15.2. The van der Waals surface area contributed by atoms with Crippen LogP contribution in [0.2, 0.25) is 0 Å². The molecule has 0 unspecified atom stereocenters. The first-order valence-electron chi connectivity index (χ1n) is 6.10. The van der Waals surface area contributed by atoms with Gasteiger partial charge in [-0.25, -0.2) is 17.9 Å². The normalized spacial score (nSPS) is 10.9. The van der Waals surface area contributed by atoms with Gasteiger partial charge < -0.3 is 15.5 Å². The molecule has 0 aliphatic carbocycles. The first-order chi connectivity index (χ1) is 9.38. The van der Waals surface area contributed by atoms with Crippen LogP contribution in [0.4, 0.5) is 10.5 Å². The van der Waals surface area contributed by atoms with Crippen LogP contribution in [0.25, 0.3) is 0 Å². The molecular weight excluding hydrogens is 280 g/mol. The molecule has 0 saturated carbocycles. The lowest BCUT2D eigenvalue weighted by atomic mass is 10.3. The predicted octanol–water partition coefficient (Wildman–Crippen LogP) is 0.278. The molecule has 1 rings (SSSR count). The Balaban J connectivity index is 2.64. The van der Waals surface area contributed by atoms with Crippen LogP contribution < -0.4 is 15.4 Å². The first kappa shape index (κ1) is 16.3. The number of para-hydroxylation sites is 1. The molecule has 0 aliphatic heterocycles. The number of hydrogen-bond donors (Lipinski definition) is 3. The van der Waals surface area contributed by atoms with E-state index >= 15 is 0 Å². The number of nitrogens with one attached hydrogen (secondary N) is 3. The van der Waals surface area contributed by atoms with Crippen LogP contribution in [-0.2, 0) is 10.0 Å². The van der Waals surface area contributed by atoms with Crippen LogP contribution in [-0.4, -0.2) is 53.6 Å². The van der Waals surface area contributed by atoms with Crippen molar-refractivity contribution in [3.8, 4) is 0 Å². The Kier molecular flexibility index (Phi) is 5.78. The minimum atomic E-state index is -3.50. The van der Waals surface area contributed by atoms with E-state index in [1.165, 1.54) is 18.0 Å². The molecule has 1 aromatic rings. The molecule has 0 bridgehead atoms. The van der Waals surface area contributed by atoms with E-state index in [0.717, 1.165) is 0 Å². The Labute approximate surface area is 119 Å². The molecule has 3 N–H and O–H groups in total. The Morgan fingerprint density at radius 2 is 1.85 bits per heavy atom. The summed E-state index contributed by atoms with van der Waals surface area (Å²) in [5.41, 5.74) is 0.501. The topological polar surface area (TPSA) is 90.5 Å². The van der Waals surface area contributed by atoms with Gasteiger partial charge in [0, 0.05) is 27.2 Å². The average Bonchev–Trinajstić information content (AvgIpc) is 2.43. The third kappa shape index (κ3) is 4.39. The molecule has 0 spiro atoms. The van der Waals surface area contributed by atoms with E-state index < -0.39 is 10.0 Å². The Bertz CT molecular complexity index is 558. The lowest BCUT2D eigenvalue weighted by Crippen LogP contribution is -2.37. The number of amides is 2. The fourth-order valence-electron chi connectivity index (χ4n) is 1.48. The van der Waals surface area contributed by atoms with Crippen molar-refractivity contribution in [1.29, 1.82) is 0 Å². The van der Waals surface area contributed by atoms with Crippen molar-refractivity contribution in [2.24, 2.45) is 0 Å². The molecule has 0 saturated heterocycles. The van der Waals surface area contributed by atoms with E-state index in [1.807, 2.05) is 0 Å². The second-order valence-corrected chi connectivity index (χ2v) is 6.11. The Hall–Kier alpha value is -1.80. The quantitative estimate of drug-likeness (QED) is 0.658. The molecule has 7 nitrogen and oxygen atoms in total. The van der Waals surface area contributed by atoms with E-state index in [2.05, 4.69) is 15.4 Å².